The number of rotatable bonds is 7. The molecule has 1 aromatic rings. The highest BCUT2D eigenvalue weighted by Gasteiger charge is 2.07. The van der Waals surface area contributed by atoms with Crippen LogP contribution >= 0.6 is 11.6 Å². The smallest absolute Gasteiger partial charge is 0.170 e. The van der Waals surface area contributed by atoms with Gasteiger partial charge in [0.15, 0.2) is 5.78 Å². The molecule has 0 aliphatic carbocycles. The molecule has 0 aliphatic rings. The molecule has 18 heavy (non-hydrogen) atoms. The van der Waals surface area contributed by atoms with Crippen LogP contribution in [0.15, 0.2) is 24.3 Å². The van der Waals surface area contributed by atoms with Crippen LogP contribution in [0.3, 0.4) is 0 Å². The van der Waals surface area contributed by atoms with Gasteiger partial charge in [-0.2, -0.15) is 0 Å². The first-order valence-electron chi connectivity index (χ1n) is 5.44. The predicted octanol–water partition coefficient (Wildman–Crippen LogP) is 2.11. The average molecular weight is 291 g/mol. The Balaban J connectivity index is 2.29. The normalized spacial score (nSPS) is 11.2. The van der Waals surface area contributed by atoms with Crippen molar-refractivity contribution in [1.82, 2.24) is 0 Å². The number of ketones is 1. The van der Waals surface area contributed by atoms with E-state index in [0.29, 0.717) is 17.2 Å². The molecule has 0 saturated carbocycles. The molecule has 100 valence electrons. The molecule has 0 radical (unpaired) electrons. The summed E-state index contributed by atoms with van der Waals surface area (Å²) in [5, 5.41) is 0.539. The van der Waals surface area contributed by atoms with Crippen LogP contribution < -0.4 is 4.74 Å². The van der Waals surface area contributed by atoms with E-state index in [1.54, 1.807) is 24.3 Å². The van der Waals surface area contributed by atoms with Crippen molar-refractivity contribution >= 4 is 27.2 Å². The van der Waals surface area contributed by atoms with Crippen LogP contribution in [0, 0.1) is 0 Å². The fourth-order valence-electron chi connectivity index (χ4n) is 1.32. The minimum Gasteiger partial charge on any atom is -0.486 e. The Morgan fingerprint density at radius 1 is 1.39 bits per heavy atom. The summed E-state index contributed by atoms with van der Waals surface area (Å²) in [6.07, 6.45) is 1.68. The molecule has 1 aromatic carbocycles. The number of benzene rings is 1. The summed E-state index contributed by atoms with van der Waals surface area (Å²) in [5.74, 6) is 0.424. The van der Waals surface area contributed by atoms with Gasteiger partial charge in [0.1, 0.15) is 22.2 Å². The predicted molar refractivity (Wildman–Crippen MR) is 70.9 cm³/mol. The Hall–Kier alpha value is -1.07. The maximum absolute atomic E-state index is 11.4. The Labute approximate surface area is 112 Å². The van der Waals surface area contributed by atoms with E-state index < -0.39 is 9.84 Å². The van der Waals surface area contributed by atoms with Gasteiger partial charge < -0.3 is 4.74 Å². The van der Waals surface area contributed by atoms with Gasteiger partial charge in [0.2, 0.25) is 0 Å². The minimum absolute atomic E-state index is 0.0237. The molecule has 0 bridgehead atoms. The summed E-state index contributed by atoms with van der Waals surface area (Å²) in [5.41, 5.74) is 0. The molecule has 0 aromatic heterocycles. The van der Waals surface area contributed by atoms with E-state index in [0.717, 1.165) is 6.26 Å². The van der Waals surface area contributed by atoms with Gasteiger partial charge in [-0.25, -0.2) is 8.42 Å². The zero-order valence-corrected chi connectivity index (χ0v) is 11.6. The van der Waals surface area contributed by atoms with E-state index in [1.807, 2.05) is 0 Å². The Bertz CT molecular complexity index is 511. The number of halogens is 1. The summed E-state index contributed by atoms with van der Waals surface area (Å²) in [6, 6.07) is 6.76. The third-order valence-corrected chi connectivity index (χ3v) is 3.43. The van der Waals surface area contributed by atoms with Gasteiger partial charge in [-0.15, -0.1) is 0 Å². The number of hydrogen-bond donors (Lipinski definition) is 0. The molecule has 6 heteroatoms. The summed E-state index contributed by atoms with van der Waals surface area (Å²) in [7, 11) is -3.00. The van der Waals surface area contributed by atoms with Crippen LogP contribution in [0.5, 0.6) is 5.75 Å². The second-order valence-corrected chi connectivity index (χ2v) is 6.71. The fourth-order valence-corrected chi connectivity index (χ4v) is 2.17. The van der Waals surface area contributed by atoms with Crippen LogP contribution in [0.2, 0.25) is 5.02 Å². The molecule has 0 aliphatic heterocycles. The molecule has 0 atom stereocenters. The lowest BCUT2D eigenvalue weighted by atomic mass is 10.2. The fraction of sp³-hybridized carbons (Fsp3) is 0.417. The van der Waals surface area contributed by atoms with E-state index in [2.05, 4.69) is 0 Å². The molecule has 0 saturated heterocycles. The lowest BCUT2D eigenvalue weighted by Crippen LogP contribution is -2.13. The number of carbonyl (C=O) groups excluding carboxylic acids is 1. The van der Waals surface area contributed by atoms with Gasteiger partial charge in [-0.1, -0.05) is 17.7 Å². The van der Waals surface area contributed by atoms with Gasteiger partial charge >= 0.3 is 0 Å². The highest BCUT2D eigenvalue weighted by atomic mass is 35.5. The zero-order valence-electron chi connectivity index (χ0n) is 10.1. The van der Waals surface area contributed by atoms with E-state index in [1.165, 1.54) is 0 Å². The molecule has 0 N–H and O–H groups in total. The molecular formula is C12H15ClO4S. The quantitative estimate of drug-likeness (QED) is 0.772. The molecule has 0 fully saturated rings. The van der Waals surface area contributed by atoms with Crippen molar-refractivity contribution in [2.24, 2.45) is 0 Å². The van der Waals surface area contributed by atoms with Crippen LogP contribution in [-0.4, -0.2) is 32.8 Å². The van der Waals surface area contributed by atoms with E-state index >= 15 is 0 Å². The maximum atomic E-state index is 11.4. The van der Waals surface area contributed by atoms with Crippen molar-refractivity contribution in [2.75, 3.05) is 18.6 Å². The van der Waals surface area contributed by atoms with Gasteiger partial charge in [0.25, 0.3) is 0 Å². The molecule has 0 spiro atoms. The SMILES string of the molecule is CS(=O)(=O)CCCC(=O)COc1cccc(Cl)c1. The van der Waals surface area contributed by atoms with Crippen molar-refractivity contribution in [3.8, 4) is 5.75 Å². The Morgan fingerprint density at radius 3 is 2.72 bits per heavy atom. The molecule has 0 amide bonds. The summed E-state index contributed by atoms with van der Waals surface area (Å²) < 4.78 is 27.0. The van der Waals surface area contributed by atoms with Crippen molar-refractivity contribution in [2.45, 2.75) is 12.8 Å². The van der Waals surface area contributed by atoms with Gasteiger partial charge in [-0.3, -0.25) is 4.79 Å². The molecule has 4 nitrogen and oxygen atoms in total. The highest BCUT2D eigenvalue weighted by Crippen LogP contribution is 2.17. The maximum Gasteiger partial charge on any atom is 0.170 e. The van der Waals surface area contributed by atoms with Gasteiger partial charge in [0, 0.05) is 17.7 Å². The third kappa shape index (κ3) is 6.61. The lowest BCUT2D eigenvalue weighted by molar-refractivity contribution is -0.121. The number of Topliss-reactive ketones (excluding diaryl/α,β-unsaturated/α-hetero) is 1. The highest BCUT2D eigenvalue weighted by molar-refractivity contribution is 7.90. The summed E-state index contributed by atoms with van der Waals surface area (Å²) in [6.45, 7) is -0.0654. The first kappa shape index (κ1) is 15.0. The molecular weight excluding hydrogens is 276 g/mol. The van der Waals surface area contributed by atoms with E-state index in [9.17, 15) is 13.2 Å². The van der Waals surface area contributed by atoms with Crippen molar-refractivity contribution in [3.05, 3.63) is 29.3 Å². The van der Waals surface area contributed by atoms with Crippen LogP contribution in [0.1, 0.15) is 12.8 Å². The molecule has 0 unspecified atom stereocenters. The average Bonchev–Trinajstić information content (AvgIpc) is 2.25. The number of ether oxygens (including phenoxy) is 1. The monoisotopic (exact) mass is 290 g/mol. The summed E-state index contributed by atoms with van der Waals surface area (Å²) in [4.78, 5) is 11.4. The standard InChI is InChI=1S/C12H15ClO4S/c1-18(15,16)7-3-5-11(14)9-17-12-6-2-4-10(13)8-12/h2,4,6,8H,3,5,7,9H2,1H3. The second kappa shape index (κ2) is 6.75. The number of carbonyl (C=O) groups is 1. The van der Waals surface area contributed by atoms with E-state index in [4.69, 9.17) is 16.3 Å². The Morgan fingerprint density at radius 2 is 2.11 bits per heavy atom. The third-order valence-electron chi connectivity index (χ3n) is 2.17. The lowest BCUT2D eigenvalue weighted by Gasteiger charge is -2.05. The van der Waals surface area contributed by atoms with Gasteiger partial charge in [-0.05, 0) is 24.6 Å². The first-order valence-corrected chi connectivity index (χ1v) is 7.88. The molecule has 1 rings (SSSR count). The largest absolute Gasteiger partial charge is 0.486 e. The van der Waals surface area contributed by atoms with Gasteiger partial charge in [0.05, 0.1) is 5.75 Å². The van der Waals surface area contributed by atoms with Crippen molar-refractivity contribution < 1.29 is 17.9 Å². The minimum atomic E-state index is -3.00. The topological polar surface area (TPSA) is 60.4 Å². The number of sulfone groups is 1. The van der Waals surface area contributed by atoms with Crippen LogP contribution in [0.25, 0.3) is 0 Å². The van der Waals surface area contributed by atoms with E-state index in [-0.39, 0.29) is 24.6 Å². The van der Waals surface area contributed by atoms with Crippen LogP contribution in [0.4, 0.5) is 0 Å². The second-order valence-electron chi connectivity index (χ2n) is 4.02. The van der Waals surface area contributed by atoms with Crippen molar-refractivity contribution in [3.63, 3.8) is 0 Å². The molecule has 0 heterocycles. The Kier molecular flexibility index (Phi) is 5.62. The first-order chi connectivity index (χ1) is 8.37. The van der Waals surface area contributed by atoms with Crippen molar-refractivity contribution in [1.29, 1.82) is 0 Å². The zero-order chi connectivity index (χ0) is 13.6. The summed E-state index contributed by atoms with van der Waals surface area (Å²) >= 11 is 5.76. The van der Waals surface area contributed by atoms with Crippen LogP contribution in [-0.2, 0) is 14.6 Å². The number of hydrogen-bond acceptors (Lipinski definition) is 4.